The van der Waals surface area contributed by atoms with Crippen LogP contribution in [-0.2, 0) is 0 Å². The number of hydrogen-bond acceptors (Lipinski definition) is 5. The average Bonchev–Trinajstić information content (AvgIpc) is 3.24. The Labute approximate surface area is 160 Å². The molecule has 0 atom stereocenters. The van der Waals surface area contributed by atoms with Crippen LogP contribution in [0.4, 0.5) is 0 Å². The number of unbranched alkanes of at least 4 members (excludes halogenated alkanes) is 1. The molecule has 27 heavy (non-hydrogen) atoms. The predicted octanol–water partition coefficient (Wildman–Crippen LogP) is 3.54. The van der Waals surface area contributed by atoms with Gasteiger partial charge in [0.05, 0.1) is 11.1 Å². The van der Waals surface area contributed by atoms with Crippen LogP contribution in [0.3, 0.4) is 0 Å². The third-order valence-electron chi connectivity index (χ3n) is 4.16. The van der Waals surface area contributed by atoms with Crippen LogP contribution < -0.4 is 14.8 Å². The van der Waals surface area contributed by atoms with E-state index < -0.39 is 0 Å². The third kappa shape index (κ3) is 3.75. The lowest BCUT2D eigenvalue weighted by molar-refractivity contribution is 0.309. The van der Waals surface area contributed by atoms with Gasteiger partial charge in [0.2, 0.25) is 4.96 Å². The Morgan fingerprint density at radius 3 is 2.59 bits per heavy atom. The van der Waals surface area contributed by atoms with Crippen LogP contribution in [0.2, 0.25) is 0 Å². The second kappa shape index (κ2) is 7.72. The lowest BCUT2D eigenvalue weighted by atomic mass is 10.2. The summed E-state index contributed by atoms with van der Waals surface area (Å²) in [6.07, 6.45) is 4.01. The molecule has 2 aromatic heterocycles. The zero-order chi connectivity index (χ0) is 18.6. The van der Waals surface area contributed by atoms with Crippen molar-refractivity contribution < 1.29 is 4.74 Å². The van der Waals surface area contributed by atoms with Gasteiger partial charge in [0, 0.05) is 5.56 Å². The molecular weight excluding hydrogens is 358 g/mol. The second-order valence-corrected chi connectivity index (χ2v) is 7.19. The van der Waals surface area contributed by atoms with E-state index in [1.54, 1.807) is 0 Å². The van der Waals surface area contributed by atoms with Crippen LogP contribution in [0.1, 0.15) is 25.3 Å². The van der Waals surface area contributed by atoms with Crippen LogP contribution in [0.15, 0.2) is 59.4 Å². The summed E-state index contributed by atoms with van der Waals surface area (Å²) in [6, 6.07) is 17.4. The van der Waals surface area contributed by atoms with Gasteiger partial charge in [0.15, 0.2) is 5.82 Å². The molecule has 2 heterocycles. The monoisotopic (exact) mass is 377 g/mol. The zero-order valence-corrected chi connectivity index (χ0v) is 15.8. The molecule has 136 valence electrons. The van der Waals surface area contributed by atoms with Crippen molar-refractivity contribution in [1.82, 2.24) is 14.6 Å². The number of rotatable bonds is 6. The van der Waals surface area contributed by atoms with Crippen molar-refractivity contribution in [1.29, 1.82) is 0 Å². The van der Waals surface area contributed by atoms with E-state index in [9.17, 15) is 4.79 Å². The lowest BCUT2D eigenvalue weighted by Gasteiger charge is -2.04. The maximum Gasteiger partial charge on any atom is 0.291 e. The first-order valence-electron chi connectivity index (χ1n) is 8.94. The number of benzene rings is 2. The van der Waals surface area contributed by atoms with E-state index in [1.165, 1.54) is 15.9 Å². The number of ether oxygens (including phenoxy) is 1. The minimum atomic E-state index is -0.145. The normalized spacial score (nSPS) is 12.0. The number of fused-ring (bicyclic) bond motifs is 1. The Morgan fingerprint density at radius 2 is 1.89 bits per heavy atom. The minimum Gasteiger partial charge on any atom is -0.494 e. The second-order valence-electron chi connectivity index (χ2n) is 6.18. The molecule has 0 aliphatic carbocycles. The molecule has 0 fully saturated rings. The van der Waals surface area contributed by atoms with Gasteiger partial charge in [0.25, 0.3) is 5.56 Å². The van der Waals surface area contributed by atoms with Gasteiger partial charge in [0.1, 0.15) is 5.75 Å². The van der Waals surface area contributed by atoms with E-state index in [0.29, 0.717) is 15.3 Å². The summed E-state index contributed by atoms with van der Waals surface area (Å²) >= 11 is 1.35. The van der Waals surface area contributed by atoms with Gasteiger partial charge in [-0.25, -0.2) is 0 Å². The molecule has 0 saturated heterocycles. The summed E-state index contributed by atoms with van der Waals surface area (Å²) in [5.41, 5.74) is 1.70. The van der Waals surface area contributed by atoms with Crippen molar-refractivity contribution >= 4 is 22.4 Å². The molecule has 6 heteroatoms. The maximum absolute atomic E-state index is 12.6. The van der Waals surface area contributed by atoms with Crippen molar-refractivity contribution in [3.8, 4) is 17.1 Å². The van der Waals surface area contributed by atoms with Crippen molar-refractivity contribution in [2.45, 2.75) is 19.8 Å². The van der Waals surface area contributed by atoms with Crippen molar-refractivity contribution in [2.24, 2.45) is 0 Å². The fourth-order valence-corrected chi connectivity index (χ4v) is 3.60. The fourth-order valence-electron chi connectivity index (χ4n) is 2.69. The average molecular weight is 377 g/mol. The van der Waals surface area contributed by atoms with E-state index >= 15 is 0 Å². The summed E-state index contributed by atoms with van der Waals surface area (Å²) in [4.78, 5) is 17.7. The largest absolute Gasteiger partial charge is 0.494 e. The fraction of sp³-hybridized carbons (Fsp3) is 0.190. The first kappa shape index (κ1) is 17.4. The topological polar surface area (TPSA) is 56.5 Å². The molecule has 0 unspecified atom stereocenters. The van der Waals surface area contributed by atoms with Gasteiger partial charge in [-0.1, -0.05) is 67.1 Å². The Kier molecular flexibility index (Phi) is 4.98. The van der Waals surface area contributed by atoms with E-state index in [4.69, 9.17) is 4.74 Å². The highest BCUT2D eigenvalue weighted by molar-refractivity contribution is 7.15. The third-order valence-corrected chi connectivity index (χ3v) is 5.12. The van der Waals surface area contributed by atoms with E-state index in [-0.39, 0.29) is 5.56 Å². The van der Waals surface area contributed by atoms with Crippen molar-refractivity contribution in [3.05, 3.63) is 75.0 Å². The molecule has 0 amide bonds. The van der Waals surface area contributed by atoms with Gasteiger partial charge in [-0.05, 0) is 30.2 Å². The van der Waals surface area contributed by atoms with Gasteiger partial charge >= 0.3 is 0 Å². The summed E-state index contributed by atoms with van der Waals surface area (Å²) in [5, 5.41) is 4.36. The Bertz CT molecular complexity index is 1150. The highest BCUT2D eigenvalue weighted by Crippen LogP contribution is 2.16. The summed E-state index contributed by atoms with van der Waals surface area (Å²) in [5.74, 6) is 1.41. The molecule has 0 N–H and O–H groups in total. The van der Waals surface area contributed by atoms with Gasteiger partial charge in [-0.2, -0.15) is 9.50 Å². The van der Waals surface area contributed by atoms with Gasteiger partial charge < -0.3 is 4.74 Å². The van der Waals surface area contributed by atoms with E-state index in [2.05, 4.69) is 17.0 Å². The number of nitrogens with zero attached hydrogens (tertiary/aromatic N) is 3. The molecule has 0 spiro atoms. The van der Waals surface area contributed by atoms with Crippen LogP contribution >= 0.6 is 11.3 Å². The molecule has 4 rings (SSSR count). The van der Waals surface area contributed by atoms with Gasteiger partial charge in [-0.3, -0.25) is 4.79 Å². The highest BCUT2D eigenvalue weighted by atomic mass is 32.1. The number of hydrogen-bond donors (Lipinski definition) is 0. The van der Waals surface area contributed by atoms with Crippen LogP contribution in [0, 0.1) is 0 Å². The first-order valence-corrected chi connectivity index (χ1v) is 9.76. The molecular formula is C21H19N3O2S. The lowest BCUT2D eigenvalue weighted by Crippen LogP contribution is -2.23. The summed E-state index contributed by atoms with van der Waals surface area (Å²) in [7, 11) is 0. The quantitative estimate of drug-likeness (QED) is 0.482. The summed E-state index contributed by atoms with van der Waals surface area (Å²) < 4.78 is 7.66. The van der Waals surface area contributed by atoms with E-state index in [1.807, 2.05) is 60.7 Å². The molecule has 4 aromatic rings. The molecule has 5 nitrogen and oxygen atoms in total. The zero-order valence-electron chi connectivity index (χ0n) is 15.0. The van der Waals surface area contributed by atoms with Crippen LogP contribution in [0.25, 0.3) is 22.4 Å². The minimum absolute atomic E-state index is 0.145. The number of aromatic nitrogens is 3. The predicted molar refractivity (Wildman–Crippen MR) is 108 cm³/mol. The first-order chi connectivity index (χ1) is 13.2. The molecule has 0 aliphatic rings. The molecule has 0 bridgehead atoms. The van der Waals surface area contributed by atoms with E-state index in [0.717, 1.165) is 36.3 Å². The SMILES string of the molecule is CCCCOc1ccc(C=c2sc3nc(-c4ccccc4)nn3c2=O)cc1. The van der Waals surface area contributed by atoms with Crippen molar-refractivity contribution in [3.63, 3.8) is 0 Å². The standard InChI is InChI=1S/C21H19N3O2S/c1-2-3-13-26-17-11-9-15(10-12-17)14-18-20(25)24-21(27-18)22-19(23-24)16-7-5-4-6-8-16/h4-12,14H,2-3,13H2,1H3. The smallest absolute Gasteiger partial charge is 0.291 e. The molecule has 0 radical (unpaired) electrons. The Morgan fingerprint density at radius 1 is 1.11 bits per heavy atom. The Hall–Kier alpha value is -2.99. The van der Waals surface area contributed by atoms with Crippen molar-refractivity contribution in [2.75, 3.05) is 6.61 Å². The maximum atomic E-state index is 12.6. The summed E-state index contributed by atoms with van der Waals surface area (Å²) in [6.45, 7) is 2.86. The molecule has 2 aromatic carbocycles. The van der Waals surface area contributed by atoms with Crippen LogP contribution in [0.5, 0.6) is 5.75 Å². The van der Waals surface area contributed by atoms with Gasteiger partial charge in [-0.15, -0.1) is 5.10 Å². The molecule has 0 aliphatic heterocycles. The van der Waals surface area contributed by atoms with Crippen LogP contribution in [-0.4, -0.2) is 21.2 Å². The highest BCUT2D eigenvalue weighted by Gasteiger charge is 2.11. The number of thiazole rings is 1. The molecule has 0 saturated carbocycles. The Balaban J connectivity index is 1.61.